The van der Waals surface area contributed by atoms with Crippen LogP contribution in [0.25, 0.3) is 0 Å². The van der Waals surface area contributed by atoms with Crippen LogP contribution in [0.5, 0.6) is 0 Å². The number of hydrogen-bond donors (Lipinski definition) is 1. The summed E-state index contributed by atoms with van der Waals surface area (Å²) in [6.45, 7) is 10.5. The second-order valence-electron chi connectivity index (χ2n) is 5.90. The van der Waals surface area contributed by atoms with Crippen molar-refractivity contribution in [2.45, 2.75) is 46.1 Å². The molecule has 14 heavy (non-hydrogen) atoms. The predicted molar refractivity (Wildman–Crippen MR) is 62.6 cm³/mol. The highest BCUT2D eigenvalue weighted by Crippen LogP contribution is 2.15. The number of piperidine rings is 1. The number of hydrogen-bond acceptors (Lipinski definition) is 2. The van der Waals surface area contributed by atoms with Gasteiger partial charge in [-0.1, -0.05) is 27.2 Å². The Morgan fingerprint density at radius 3 is 2.50 bits per heavy atom. The molecule has 1 atom stereocenters. The number of likely N-dealkylation sites (N-methyl/N-ethyl adjacent to an activating group) is 1. The zero-order chi connectivity index (χ0) is 10.6. The molecule has 84 valence electrons. The van der Waals surface area contributed by atoms with Crippen molar-refractivity contribution in [3.63, 3.8) is 0 Å². The third-order valence-corrected chi connectivity index (χ3v) is 2.69. The van der Waals surface area contributed by atoms with Crippen molar-refractivity contribution in [1.82, 2.24) is 10.2 Å². The molecule has 0 spiro atoms. The van der Waals surface area contributed by atoms with Gasteiger partial charge in [-0.25, -0.2) is 0 Å². The Labute approximate surface area is 89.1 Å². The third kappa shape index (κ3) is 4.97. The van der Waals surface area contributed by atoms with Crippen LogP contribution < -0.4 is 5.32 Å². The third-order valence-electron chi connectivity index (χ3n) is 2.69. The summed E-state index contributed by atoms with van der Waals surface area (Å²) in [4.78, 5) is 2.46. The Balaban J connectivity index is 2.21. The minimum absolute atomic E-state index is 0.420. The van der Waals surface area contributed by atoms with Gasteiger partial charge >= 0.3 is 0 Å². The first-order chi connectivity index (χ1) is 6.47. The van der Waals surface area contributed by atoms with Gasteiger partial charge in [0.25, 0.3) is 0 Å². The first-order valence-electron chi connectivity index (χ1n) is 5.89. The van der Waals surface area contributed by atoms with E-state index in [9.17, 15) is 0 Å². The Bertz CT molecular complexity index is 154. The van der Waals surface area contributed by atoms with Crippen molar-refractivity contribution in [2.24, 2.45) is 5.41 Å². The van der Waals surface area contributed by atoms with Crippen LogP contribution in [0.2, 0.25) is 0 Å². The molecule has 2 heteroatoms. The lowest BCUT2D eigenvalue weighted by Crippen LogP contribution is -2.44. The monoisotopic (exact) mass is 198 g/mol. The molecular weight excluding hydrogens is 172 g/mol. The summed E-state index contributed by atoms with van der Waals surface area (Å²) < 4.78 is 0. The average molecular weight is 198 g/mol. The summed E-state index contributed by atoms with van der Waals surface area (Å²) in [5.74, 6) is 0. The molecule has 1 rings (SSSR count). The lowest BCUT2D eigenvalue weighted by atomic mass is 9.95. The van der Waals surface area contributed by atoms with Crippen molar-refractivity contribution in [1.29, 1.82) is 0 Å². The summed E-state index contributed by atoms with van der Waals surface area (Å²) in [6.07, 6.45) is 4.12. The van der Waals surface area contributed by atoms with Gasteiger partial charge in [0.05, 0.1) is 0 Å². The first-order valence-corrected chi connectivity index (χ1v) is 5.89. The minimum atomic E-state index is 0.420. The molecule has 0 aliphatic carbocycles. The van der Waals surface area contributed by atoms with Gasteiger partial charge in [0.2, 0.25) is 0 Å². The molecule has 0 aromatic carbocycles. The number of nitrogens with one attached hydrogen (secondary N) is 1. The number of rotatable bonds is 3. The molecule has 0 aromatic rings. The van der Waals surface area contributed by atoms with E-state index < -0.39 is 0 Å². The zero-order valence-corrected chi connectivity index (χ0v) is 10.3. The van der Waals surface area contributed by atoms with Crippen molar-refractivity contribution in [3.05, 3.63) is 0 Å². The maximum atomic E-state index is 3.59. The van der Waals surface area contributed by atoms with Crippen LogP contribution in [0.1, 0.15) is 40.0 Å². The van der Waals surface area contributed by atoms with Crippen LogP contribution in [0.15, 0.2) is 0 Å². The fourth-order valence-electron chi connectivity index (χ4n) is 2.33. The van der Waals surface area contributed by atoms with Crippen LogP contribution in [0.3, 0.4) is 0 Å². The zero-order valence-electron chi connectivity index (χ0n) is 10.3. The molecule has 0 radical (unpaired) electrons. The topological polar surface area (TPSA) is 15.3 Å². The number of nitrogens with zero attached hydrogens (tertiary/aromatic N) is 1. The Morgan fingerprint density at radius 2 is 2.00 bits per heavy atom. The van der Waals surface area contributed by atoms with E-state index in [-0.39, 0.29) is 0 Å². The maximum absolute atomic E-state index is 3.59. The Kier molecular flexibility index (Phi) is 4.39. The SMILES string of the molecule is CN(CC1CCCCN1)CC(C)(C)C. The lowest BCUT2D eigenvalue weighted by molar-refractivity contribution is 0.197. The van der Waals surface area contributed by atoms with Gasteiger partial charge in [-0.05, 0) is 31.8 Å². The molecule has 1 saturated heterocycles. The van der Waals surface area contributed by atoms with Crippen LogP contribution in [-0.2, 0) is 0 Å². The molecule has 0 aromatic heterocycles. The van der Waals surface area contributed by atoms with Gasteiger partial charge in [-0.2, -0.15) is 0 Å². The fraction of sp³-hybridized carbons (Fsp3) is 1.00. The summed E-state index contributed by atoms with van der Waals surface area (Å²) in [5, 5.41) is 3.59. The first kappa shape index (κ1) is 12.0. The van der Waals surface area contributed by atoms with E-state index in [0.29, 0.717) is 5.41 Å². The van der Waals surface area contributed by atoms with Crippen molar-refractivity contribution >= 4 is 0 Å². The molecule has 1 fully saturated rings. The fourth-order valence-corrected chi connectivity index (χ4v) is 2.33. The molecule has 0 saturated carbocycles. The largest absolute Gasteiger partial charge is 0.313 e. The Morgan fingerprint density at radius 1 is 1.29 bits per heavy atom. The van der Waals surface area contributed by atoms with Crippen LogP contribution >= 0.6 is 0 Å². The van der Waals surface area contributed by atoms with Gasteiger partial charge in [0.1, 0.15) is 0 Å². The lowest BCUT2D eigenvalue weighted by Gasteiger charge is -2.32. The van der Waals surface area contributed by atoms with E-state index in [1.807, 2.05) is 0 Å². The van der Waals surface area contributed by atoms with Crippen LogP contribution in [0, 0.1) is 5.41 Å². The van der Waals surface area contributed by atoms with Gasteiger partial charge in [0, 0.05) is 19.1 Å². The van der Waals surface area contributed by atoms with Crippen LogP contribution in [-0.4, -0.2) is 37.6 Å². The summed E-state index contributed by atoms with van der Waals surface area (Å²) in [5.41, 5.74) is 0.420. The second kappa shape index (κ2) is 5.13. The van der Waals surface area contributed by atoms with E-state index in [0.717, 1.165) is 6.04 Å². The van der Waals surface area contributed by atoms with Crippen molar-refractivity contribution < 1.29 is 0 Å². The average Bonchev–Trinajstić information content (AvgIpc) is 2.02. The van der Waals surface area contributed by atoms with Crippen molar-refractivity contribution in [2.75, 3.05) is 26.7 Å². The highest BCUT2D eigenvalue weighted by Gasteiger charge is 2.18. The van der Waals surface area contributed by atoms with E-state index in [1.54, 1.807) is 0 Å². The molecule has 1 aliphatic rings. The molecule has 0 bridgehead atoms. The molecule has 2 nitrogen and oxygen atoms in total. The van der Waals surface area contributed by atoms with E-state index in [2.05, 4.69) is 38.0 Å². The van der Waals surface area contributed by atoms with E-state index in [4.69, 9.17) is 0 Å². The Hall–Kier alpha value is -0.0800. The van der Waals surface area contributed by atoms with Crippen molar-refractivity contribution in [3.8, 4) is 0 Å². The second-order valence-corrected chi connectivity index (χ2v) is 5.90. The van der Waals surface area contributed by atoms with Crippen LogP contribution in [0.4, 0.5) is 0 Å². The molecule has 1 aliphatic heterocycles. The summed E-state index contributed by atoms with van der Waals surface area (Å²) >= 11 is 0. The summed E-state index contributed by atoms with van der Waals surface area (Å²) in [7, 11) is 2.24. The molecule has 0 amide bonds. The standard InChI is InChI=1S/C12H26N2/c1-12(2,3)10-14(4)9-11-7-5-6-8-13-11/h11,13H,5-10H2,1-4H3. The van der Waals surface area contributed by atoms with Gasteiger partial charge in [0.15, 0.2) is 0 Å². The minimum Gasteiger partial charge on any atom is -0.313 e. The van der Waals surface area contributed by atoms with Gasteiger partial charge < -0.3 is 10.2 Å². The highest BCUT2D eigenvalue weighted by atomic mass is 15.1. The quantitative estimate of drug-likeness (QED) is 0.747. The highest BCUT2D eigenvalue weighted by molar-refractivity contribution is 4.76. The molecule has 1 heterocycles. The molecule has 1 unspecified atom stereocenters. The van der Waals surface area contributed by atoms with Gasteiger partial charge in [-0.15, -0.1) is 0 Å². The normalized spacial score (nSPS) is 24.2. The summed E-state index contributed by atoms with van der Waals surface area (Å²) in [6, 6.07) is 0.732. The predicted octanol–water partition coefficient (Wildman–Crippen LogP) is 2.11. The van der Waals surface area contributed by atoms with E-state index in [1.165, 1.54) is 38.9 Å². The molecule has 1 N–H and O–H groups in total. The maximum Gasteiger partial charge on any atom is 0.0194 e. The smallest absolute Gasteiger partial charge is 0.0194 e. The van der Waals surface area contributed by atoms with Gasteiger partial charge in [-0.3, -0.25) is 0 Å². The van der Waals surface area contributed by atoms with E-state index >= 15 is 0 Å². The molecular formula is C12H26N2.